The molecule has 0 aliphatic carbocycles. The van der Waals surface area contributed by atoms with Gasteiger partial charge in [0.05, 0.1) is 16.8 Å². The number of halogens is 1. The lowest BCUT2D eigenvalue weighted by Crippen LogP contribution is -2.27. The summed E-state index contributed by atoms with van der Waals surface area (Å²) in [5.41, 5.74) is 0.506. The number of rotatable bonds is 5. The molecule has 0 radical (unpaired) electrons. The number of anilines is 1. The van der Waals surface area contributed by atoms with Crippen LogP contribution in [0.3, 0.4) is 0 Å². The van der Waals surface area contributed by atoms with Crippen LogP contribution >= 0.6 is 0 Å². The Hall–Kier alpha value is -3.28. The first-order chi connectivity index (χ1) is 13.7. The summed E-state index contributed by atoms with van der Waals surface area (Å²) in [5.74, 6) is -1.19. The summed E-state index contributed by atoms with van der Waals surface area (Å²) in [4.78, 5) is 38.6. The molecule has 3 aromatic rings. The zero-order valence-corrected chi connectivity index (χ0v) is 16.9. The van der Waals surface area contributed by atoms with Crippen LogP contribution in [0, 0.1) is 11.7 Å². The molecule has 0 saturated heterocycles. The number of amides is 1. The second-order valence-electron chi connectivity index (χ2n) is 7.53. The van der Waals surface area contributed by atoms with Crippen LogP contribution in [0.2, 0.25) is 0 Å². The van der Waals surface area contributed by atoms with Crippen LogP contribution < -0.4 is 10.3 Å². The van der Waals surface area contributed by atoms with E-state index in [0.29, 0.717) is 17.6 Å². The van der Waals surface area contributed by atoms with E-state index in [2.05, 4.69) is 0 Å². The lowest BCUT2D eigenvalue weighted by Gasteiger charge is -2.21. The van der Waals surface area contributed by atoms with Crippen molar-refractivity contribution in [2.24, 2.45) is 5.92 Å². The highest BCUT2D eigenvalue weighted by atomic mass is 19.1. The summed E-state index contributed by atoms with van der Waals surface area (Å²) >= 11 is 0. The van der Waals surface area contributed by atoms with Crippen molar-refractivity contribution in [3.8, 4) is 0 Å². The van der Waals surface area contributed by atoms with E-state index in [9.17, 15) is 18.8 Å². The first-order valence-electron chi connectivity index (χ1n) is 9.41. The summed E-state index contributed by atoms with van der Waals surface area (Å²) in [7, 11) is 1.49. The molecule has 29 heavy (non-hydrogen) atoms. The molecule has 1 heterocycles. The van der Waals surface area contributed by atoms with Crippen molar-refractivity contribution in [1.82, 2.24) is 4.57 Å². The number of carbonyl (C=O) groups excluding carboxylic acids is 2. The van der Waals surface area contributed by atoms with Crippen molar-refractivity contribution in [3.05, 3.63) is 75.8 Å². The average Bonchev–Trinajstić information content (AvgIpc) is 2.68. The fraction of sp³-hybridized carbons (Fsp3) is 0.261. The maximum absolute atomic E-state index is 14.9. The number of pyridine rings is 1. The van der Waals surface area contributed by atoms with E-state index < -0.39 is 11.2 Å². The third kappa shape index (κ3) is 3.97. The van der Waals surface area contributed by atoms with Gasteiger partial charge >= 0.3 is 0 Å². The predicted octanol–water partition coefficient (Wildman–Crippen LogP) is 4.28. The maximum atomic E-state index is 14.9. The Bertz CT molecular complexity index is 1150. The Labute approximate surface area is 168 Å². The van der Waals surface area contributed by atoms with Crippen LogP contribution in [0.4, 0.5) is 10.1 Å². The van der Waals surface area contributed by atoms with Crippen molar-refractivity contribution in [2.45, 2.75) is 27.3 Å². The molecule has 1 amide bonds. The van der Waals surface area contributed by atoms with Crippen LogP contribution in [0.15, 0.2) is 53.5 Å². The average molecular weight is 394 g/mol. The third-order valence-electron chi connectivity index (χ3n) is 4.78. The van der Waals surface area contributed by atoms with Gasteiger partial charge in [0.2, 0.25) is 0 Å². The zero-order chi connectivity index (χ0) is 21.3. The van der Waals surface area contributed by atoms with Gasteiger partial charge in [-0.2, -0.15) is 0 Å². The Morgan fingerprint density at radius 2 is 1.79 bits per heavy atom. The van der Waals surface area contributed by atoms with Crippen LogP contribution in [0.5, 0.6) is 0 Å². The maximum Gasteiger partial charge on any atom is 0.258 e. The molecular weight excluding hydrogens is 371 g/mol. The summed E-state index contributed by atoms with van der Waals surface area (Å²) in [6.07, 6.45) is 1.52. The summed E-state index contributed by atoms with van der Waals surface area (Å²) in [5, 5.41) is 0.125. The second-order valence-corrected chi connectivity index (χ2v) is 7.53. The molecule has 5 nitrogen and oxygen atoms in total. The zero-order valence-electron chi connectivity index (χ0n) is 16.9. The van der Waals surface area contributed by atoms with Gasteiger partial charge in [-0.05, 0) is 37.1 Å². The molecular formula is C23H23FN2O3. The van der Waals surface area contributed by atoms with Crippen molar-refractivity contribution < 1.29 is 14.0 Å². The normalized spacial score (nSPS) is 11.1. The lowest BCUT2D eigenvalue weighted by atomic mass is 10.1. The molecule has 0 aliphatic heterocycles. The highest BCUT2D eigenvalue weighted by Crippen LogP contribution is 2.26. The molecule has 150 valence electrons. The van der Waals surface area contributed by atoms with Crippen molar-refractivity contribution >= 4 is 28.3 Å². The molecule has 0 unspecified atom stereocenters. The highest BCUT2D eigenvalue weighted by molar-refractivity contribution is 6.06. The van der Waals surface area contributed by atoms with E-state index in [1.54, 1.807) is 34.9 Å². The molecule has 0 bridgehead atoms. The first-order valence-corrected chi connectivity index (χ1v) is 9.41. The van der Waals surface area contributed by atoms with Crippen LogP contribution in [0.25, 0.3) is 10.9 Å². The van der Waals surface area contributed by atoms with E-state index in [1.807, 2.05) is 13.8 Å². The number of carbonyl (C=O) groups is 2. The summed E-state index contributed by atoms with van der Waals surface area (Å²) < 4.78 is 16.7. The molecule has 0 N–H and O–H groups in total. The van der Waals surface area contributed by atoms with Crippen molar-refractivity contribution in [2.75, 3.05) is 11.9 Å². The Morgan fingerprint density at radius 3 is 2.38 bits per heavy atom. The van der Waals surface area contributed by atoms with Gasteiger partial charge in [-0.15, -0.1) is 0 Å². The number of aromatic nitrogens is 1. The van der Waals surface area contributed by atoms with Crippen LogP contribution in [-0.2, 0) is 6.54 Å². The van der Waals surface area contributed by atoms with Gasteiger partial charge in [0.25, 0.3) is 5.91 Å². The minimum atomic E-state index is -0.696. The monoisotopic (exact) mass is 394 g/mol. The second kappa shape index (κ2) is 7.99. The van der Waals surface area contributed by atoms with Crippen LogP contribution in [-0.4, -0.2) is 23.3 Å². The number of benzene rings is 2. The Morgan fingerprint density at radius 1 is 1.14 bits per heavy atom. The molecule has 6 heteroatoms. The summed E-state index contributed by atoms with van der Waals surface area (Å²) in [6.45, 7) is 5.87. The predicted molar refractivity (Wildman–Crippen MR) is 112 cm³/mol. The molecule has 0 aliphatic rings. The topological polar surface area (TPSA) is 59.4 Å². The van der Waals surface area contributed by atoms with E-state index in [1.165, 1.54) is 31.1 Å². The fourth-order valence-electron chi connectivity index (χ4n) is 3.34. The largest absolute Gasteiger partial charge is 0.346 e. The Balaban J connectivity index is 2.21. The molecule has 0 saturated carbocycles. The number of hydrogen-bond acceptors (Lipinski definition) is 3. The van der Waals surface area contributed by atoms with Gasteiger partial charge in [-0.25, -0.2) is 4.39 Å². The van der Waals surface area contributed by atoms with Crippen molar-refractivity contribution in [1.29, 1.82) is 0 Å². The van der Waals surface area contributed by atoms with Gasteiger partial charge in [-0.1, -0.05) is 32.0 Å². The molecule has 0 spiro atoms. The van der Waals surface area contributed by atoms with Gasteiger partial charge in [0.1, 0.15) is 5.82 Å². The highest BCUT2D eigenvalue weighted by Gasteiger charge is 2.21. The number of Topliss-reactive ketones (excluding diaryl/α,β-unsaturated/α-hetero) is 1. The number of nitrogens with zero attached hydrogens (tertiary/aromatic N) is 2. The first kappa shape index (κ1) is 20.5. The summed E-state index contributed by atoms with van der Waals surface area (Å²) in [6, 6.07) is 11.2. The van der Waals surface area contributed by atoms with E-state index in [4.69, 9.17) is 0 Å². The van der Waals surface area contributed by atoms with Gasteiger partial charge < -0.3 is 9.47 Å². The standard InChI is InChI=1S/C23H23FN2O3/c1-14(2)12-26-13-18(15(3)27)22(28)17-10-19(24)21(11-20(17)26)25(4)23(29)16-8-6-5-7-9-16/h5-11,13-14H,12H2,1-4H3. The van der Waals surface area contributed by atoms with E-state index in [-0.39, 0.29) is 34.2 Å². The van der Waals surface area contributed by atoms with E-state index in [0.717, 1.165) is 6.07 Å². The van der Waals surface area contributed by atoms with Gasteiger partial charge in [0, 0.05) is 30.7 Å². The Kier molecular flexibility index (Phi) is 5.64. The fourth-order valence-corrected chi connectivity index (χ4v) is 3.34. The molecule has 0 atom stereocenters. The number of ketones is 1. The molecule has 3 rings (SSSR count). The number of fused-ring (bicyclic) bond motifs is 1. The minimum absolute atomic E-state index is 0.0269. The van der Waals surface area contributed by atoms with Crippen molar-refractivity contribution in [3.63, 3.8) is 0 Å². The smallest absolute Gasteiger partial charge is 0.258 e. The molecule has 0 fully saturated rings. The number of hydrogen-bond donors (Lipinski definition) is 0. The van der Waals surface area contributed by atoms with E-state index >= 15 is 0 Å². The van der Waals surface area contributed by atoms with Crippen LogP contribution in [0.1, 0.15) is 41.5 Å². The lowest BCUT2D eigenvalue weighted by molar-refractivity contribution is 0.0989. The molecule has 2 aromatic carbocycles. The molecule has 1 aromatic heterocycles. The van der Waals surface area contributed by atoms with Gasteiger partial charge in [0.15, 0.2) is 11.2 Å². The quantitative estimate of drug-likeness (QED) is 0.607. The third-order valence-corrected chi connectivity index (χ3v) is 4.78. The van der Waals surface area contributed by atoms with Gasteiger partial charge in [-0.3, -0.25) is 14.4 Å². The SMILES string of the molecule is CC(=O)c1cn(CC(C)C)c2cc(N(C)C(=O)c3ccccc3)c(F)cc2c1=O. The minimum Gasteiger partial charge on any atom is -0.346 e.